The largest absolute Gasteiger partial charge is 0.382 e. The van der Waals surface area contributed by atoms with Crippen LogP contribution in [0.1, 0.15) is 37.7 Å². The van der Waals surface area contributed by atoms with E-state index < -0.39 is 0 Å². The Morgan fingerprint density at radius 1 is 0.891 bits per heavy atom. The number of nitrogens with zero attached hydrogens (tertiary/aromatic N) is 10. The highest BCUT2D eigenvalue weighted by Crippen LogP contribution is 2.37. The van der Waals surface area contributed by atoms with Gasteiger partial charge in [0.25, 0.3) is 0 Å². The van der Waals surface area contributed by atoms with E-state index in [9.17, 15) is 5.26 Å². The SMILES string of the molecule is N#Cc1cnn2c(-c3cc(NC4CCC4)c(-c4nnc(N5CCN(CC6CCN(c7ccccn7)CC6)CC5)s4)cn3)ccc2c1. The molecular weight excluding hydrogens is 595 g/mol. The van der Waals surface area contributed by atoms with E-state index in [0.29, 0.717) is 11.6 Å². The molecular formula is C34H37N11S. The van der Waals surface area contributed by atoms with Gasteiger partial charge < -0.3 is 15.1 Å². The summed E-state index contributed by atoms with van der Waals surface area (Å²) in [6.07, 6.45) is 11.4. The molecule has 0 amide bonds. The van der Waals surface area contributed by atoms with Crippen molar-refractivity contribution in [3.05, 3.63) is 66.6 Å². The predicted molar refractivity (Wildman–Crippen MR) is 181 cm³/mol. The van der Waals surface area contributed by atoms with Crippen molar-refractivity contribution in [2.24, 2.45) is 5.92 Å². The van der Waals surface area contributed by atoms with Crippen LogP contribution in [0.4, 0.5) is 16.6 Å². The molecule has 11 nitrogen and oxygen atoms in total. The maximum absolute atomic E-state index is 9.27. The molecule has 0 atom stereocenters. The van der Waals surface area contributed by atoms with Crippen LogP contribution in [0, 0.1) is 17.2 Å². The van der Waals surface area contributed by atoms with Gasteiger partial charge in [-0.1, -0.05) is 17.4 Å². The first-order valence-corrected chi connectivity index (χ1v) is 17.1. The number of hydrogen-bond donors (Lipinski definition) is 1. The van der Waals surface area contributed by atoms with Gasteiger partial charge in [0.05, 0.1) is 34.2 Å². The van der Waals surface area contributed by atoms with Gasteiger partial charge in [0.1, 0.15) is 11.9 Å². The van der Waals surface area contributed by atoms with Crippen molar-refractivity contribution in [3.8, 4) is 28.0 Å². The van der Waals surface area contributed by atoms with Gasteiger partial charge in [-0.25, -0.2) is 9.50 Å². The fourth-order valence-electron chi connectivity index (χ4n) is 6.74. The topological polar surface area (TPSA) is 114 Å². The Balaban J connectivity index is 0.929. The molecule has 0 aromatic carbocycles. The second kappa shape index (κ2) is 12.7. The molecule has 2 saturated heterocycles. The summed E-state index contributed by atoms with van der Waals surface area (Å²) in [6, 6.07) is 16.7. The van der Waals surface area contributed by atoms with Crippen LogP contribution in [0.2, 0.25) is 0 Å². The van der Waals surface area contributed by atoms with Crippen LogP contribution >= 0.6 is 11.3 Å². The summed E-state index contributed by atoms with van der Waals surface area (Å²) in [5, 5.41) is 28.7. The van der Waals surface area contributed by atoms with Crippen LogP contribution in [-0.2, 0) is 0 Å². The molecule has 1 N–H and O–H groups in total. The van der Waals surface area contributed by atoms with Crippen LogP contribution in [0.3, 0.4) is 0 Å². The summed E-state index contributed by atoms with van der Waals surface area (Å²) >= 11 is 1.65. The highest BCUT2D eigenvalue weighted by molar-refractivity contribution is 7.18. The molecule has 12 heteroatoms. The summed E-state index contributed by atoms with van der Waals surface area (Å²) in [4.78, 5) is 16.8. The smallest absolute Gasteiger partial charge is 0.208 e. The van der Waals surface area contributed by atoms with Crippen molar-refractivity contribution < 1.29 is 0 Å². The fraction of sp³-hybridized carbons (Fsp3) is 0.412. The summed E-state index contributed by atoms with van der Waals surface area (Å²) < 4.78 is 1.84. The first-order chi connectivity index (χ1) is 22.7. The Hall–Kier alpha value is -4.60. The van der Waals surface area contributed by atoms with E-state index in [1.54, 1.807) is 17.5 Å². The standard InChI is InChI=1S/C34H37N11S/c35-20-25-18-27-7-8-31(45(27)38-21-25)30-19-29(39-26-4-3-5-26)28(22-37-30)33-40-41-34(46-33)44-16-14-42(15-17-44)23-24-9-12-43(13-10-24)32-6-1-2-11-36-32/h1-2,6-8,11,18-19,21-22,24,26H,3-5,9-10,12-17,23H2,(H,37,39). The maximum Gasteiger partial charge on any atom is 0.208 e. The molecule has 1 saturated carbocycles. The lowest BCUT2D eigenvalue weighted by Gasteiger charge is -2.39. The Morgan fingerprint density at radius 2 is 1.76 bits per heavy atom. The van der Waals surface area contributed by atoms with Gasteiger partial charge >= 0.3 is 0 Å². The van der Waals surface area contributed by atoms with Gasteiger partial charge in [0.15, 0.2) is 5.01 Å². The van der Waals surface area contributed by atoms with Crippen LogP contribution < -0.4 is 15.1 Å². The third kappa shape index (κ3) is 5.88. The average Bonchev–Trinajstić information content (AvgIpc) is 3.75. The van der Waals surface area contributed by atoms with Gasteiger partial charge in [-0.3, -0.25) is 9.88 Å². The van der Waals surface area contributed by atoms with Crippen LogP contribution in [0.5, 0.6) is 0 Å². The lowest BCUT2D eigenvalue weighted by molar-refractivity contribution is 0.201. The quantitative estimate of drug-likeness (QED) is 0.246. The minimum absolute atomic E-state index is 0.456. The van der Waals surface area contributed by atoms with Crippen molar-refractivity contribution in [1.29, 1.82) is 5.26 Å². The molecule has 5 aromatic heterocycles. The van der Waals surface area contributed by atoms with E-state index in [-0.39, 0.29) is 0 Å². The molecule has 0 radical (unpaired) electrons. The van der Waals surface area contributed by atoms with Gasteiger partial charge in [0.2, 0.25) is 5.13 Å². The van der Waals surface area contributed by atoms with E-state index in [4.69, 9.17) is 4.98 Å². The monoisotopic (exact) mass is 631 g/mol. The lowest BCUT2D eigenvalue weighted by Crippen LogP contribution is -2.49. The Labute approximate surface area is 272 Å². The van der Waals surface area contributed by atoms with Crippen LogP contribution in [0.25, 0.3) is 27.5 Å². The lowest BCUT2D eigenvalue weighted by atomic mass is 9.92. The molecule has 46 heavy (non-hydrogen) atoms. The second-order valence-electron chi connectivity index (χ2n) is 12.6. The zero-order valence-corrected chi connectivity index (χ0v) is 26.6. The third-order valence-electron chi connectivity index (χ3n) is 9.65. The molecule has 3 aliphatic rings. The van der Waals surface area contributed by atoms with Gasteiger partial charge in [-0.05, 0) is 74.4 Å². The average molecular weight is 632 g/mol. The van der Waals surface area contributed by atoms with Crippen molar-refractivity contribution in [3.63, 3.8) is 0 Å². The molecule has 2 aliphatic heterocycles. The number of nitrogens with one attached hydrogen (secondary N) is 1. The van der Waals surface area contributed by atoms with E-state index in [0.717, 1.165) is 89.3 Å². The van der Waals surface area contributed by atoms with Crippen molar-refractivity contribution in [1.82, 2.24) is 34.7 Å². The number of hydrogen-bond acceptors (Lipinski definition) is 11. The number of rotatable bonds is 8. The molecule has 0 bridgehead atoms. The second-order valence-corrected chi connectivity index (χ2v) is 13.6. The van der Waals surface area contributed by atoms with Crippen molar-refractivity contribution in [2.45, 2.75) is 38.1 Å². The number of nitriles is 1. The van der Waals surface area contributed by atoms with Gasteiger partial charge in [-0.2, -0.15) is 10.4 Å². The summed E-state index contributed by atoms with van der Waals surface area (Å²) in [5.41, 5.74) is 5.13. The highest BCUT2D eigenvalue weighted by atomic mass is 32.1. The predicted octanol–water partition coefficient (Wildman–Crippen LogP) is 5.18. The first-order valence-electron chi connectivity index (χ1n) is 16.3. The van der Waals surface area contributed by atoms with Crippen LogP contribution in [0.15, 0.2) is 61.1 Å². The Bertz CT molecular complexity index is 1840. The summed E-state index contributed by atoms with van der Waals surface area (Å²) in [7, 11) is 0. The number of aromatic nitrogens is 6. The van der Waals surface area contributed by atoms with E-state index in [1.165, 1.54) is 38.6 Å². The van der Waals surface area contributed by atoms with Gasteiger partial charge in [0, 0.05) is 69.9 Å². The molecule has 5 aromatic rings. The number of piperazine rings is 1. The molecule has 234 valence electrons. The van der Waals surface area contributed by atoms with E-state index >= 15 is 0 Å². The Morgan fingerprint density at radius 3 is 2.52 bits per heavy atom. The van der Waals surface area contributed by atoms with E-state index in [2.05, 4.69) is 64.6 Å². The highest BCUT2D eigenvalue weighted by Gasteiger charge is 2.27. The molecule has 8 rings (SSSR count). The van der Waals surface area contributed by atoms with E-state index in [1.807, 2.05) is 41.2 Å². The maximum atomic E-state index is 9.27. The Kier molecular flexibility index (Phi) is 7.93. The number of piperidine rings is 1. The zero-order chi connectivity index (χ0) is 30.9. The minimum atomic E-state index is 0.456. The normalized spacial score (nSPS) is 18.1. The molecule has 0 spiro atoms. The molecule has 7 heterocycles. The summed E-state index contributed by atoms with van der Waals surface area (Å²) in [5.74, 6) is 1.85. The minimum Gasteiger partial charge on any atom is -0.382 e. The number of anilines is 3. The third-order valence-corrected chi connectivity index (χ3v) is 10.7. The van der Waals surface area contributed by atoms with Crippen molar-refractivity contribution >= 4 is 33.5 Å². The molecule has 3 fully saturated rings. The zero-order valence-electron chi connectivity index (χ0n) is 25.8. The summed E-state index contributed by atoms with van der Waals surface area (Å²) in [6.45, 7) is 7.38. The number of fused-ring (bicyclic) bond motifs is 1. The van der Waals surface area contributed by atoms with Gasteiger partial charge in [-0.15, -0.1) is 10.2 Å². The fourth-order valence-corrected chi connectivity index (χ4v) is 7.66. The van der Waals surface area contributed by atoms with Crippen LogP contribution in [-0.4, -0.2) is 86.5 Å². The number of pyridine rings is 2. The van der Waals surface area contributed by atoms with Crippen molar-refractivity contribution in [2.75, 3.05) is 60.9 Å². The first kappa shape index (κ1) is 28.8. The molecule has 0 unspecified atom stereocenters. The molecule has 1 aliphatic carbocycles.